The summed E-state index contributed by atoms with van der Waals surface area (Å²) in [7, 11) is 0. The molecule has 24 heavy (non-hydrogen) atoms. The van der Waals surface area contributed by atoms with Gasteiger partial charge in [-0.05, 0) is 45.8 Å². The Balaban J connectivity index is 1.49. The van der Waals surface area contributed by atoms with Gasteiger partial charge in [0.15, 0.2) is 0 Å². The summed E-state index contributed by atoms with van der Waals surface area (Å²) in [4.78, 5) is 18.1. The van der Waals surface area contributed by atoms with E-state index >= 15 is 0 Å². The zero-order valence-electron chi connectivity index (χ0n) is 12.9. The monoisotopic (exact) mass is 393 g/mol. The fourth-order valence-electron chi connectivity index (χ4n) is 2.52. The van der Waals surface area contributed by atoms with Crippen LogP contribution in [0.5, 0.6) is 5.88 Å². The average Bonchev–Trinajstić information content (AvgIpc) is 3.05. The zero-order chi connectivity index (χ0) is 16.9. The highest BCUT2D eigenvalue weighted by atomic mass is 79.9. The van der Waals surface area contributed by atoms with Gasteiger partial charge in [0.05, 0.1) is 11.0 Å². The lowest BCUT2D eigenvalue weighted by molar-refractivity contribution is 0.182. The number of pyridine rings is 1. The van der Waals surface area contributed by atoms with Crippen molar-refractivity contribution >= 4 is 22.0 Å². The fourth-order valence-corrected chi connectivity index (χ4v) is 2.86. The third-order valence-electron chi connectivity index (χ3n) is 3.79. The van der Waals surface area contributed by atoms with Gasteiger partial charge in [0, 0.05) is 25.7 Å². The number of ether oxygens (including phenoxy) is 1. The molecular formula is C17H17BrFN3O2. The van der Waals surface area contributed by atoms with Gasteiger partial charge in [-0.2, -0.15) is 0 Å². The summed E-state index contributed by atoms with van der Waals surface area (Å²) in [5, 5.41) is 2.84. The third kappa shape index (κ3) is 4.23. The Morgan fingerprint density at radius 2 is 2.17 bits per heavy atom. The predicted molar refractivity (Wildman–Crippen MR) is 91.2 cm³/mol. The molecule has 3 rings (SSSR count). The topological polar surface area (TPSA) is 54.5 Å². The third-order valence-corrected chi connectivity index (χ3v) is 4.40. The highest BCUT2D eigenvalue weighted by molar-refractivity contribution is 9.10. The van der Waals surface area contributed by atoms with Gasteiger partial charge in [0.2, 0.25) is 5.88 Å². The molecule has 1 aliphatic heterocycles. The van der Waals surface area contributed by atoms with Crippen molar-refractivity contribution in [1.82, 2.24) is 15.2 Å². The second-order valence-corrected chi connectivity index (χ2v) is 6.40. The van der Waals surface area contributed by atoms with Crippen molar-refractivity contribution in [3.05, 3.63) is 58.4 Å². The van der Waals surface area contributed by atoms with E-state index in [1.165, 1.54) is 12.1 Å². The molecule has 0 saturated carbocycles. The number of rotatable bonds is 4. The number of hydrogen-bond acceptors (Lipinski definition) is 3. The molecule has 0 bridgehead atoms. The van der Waals surface area contributed by atoms with E-state index in [1.807, 2.05) is 12.1 Å². The van der Waals surface area contributed by atoms with Gasteiger partial charge in [-0.3, -0.25) is 0 Å². The highest BCUT2D eigenvalue weighted by Crippen LogP contribution is 2.24. The van der Waals surface area contributed by atoms with Gasteiger partial charge in [0.1, 0.15) is 11.9 Å². The molecule has 1 aromatic carbocycles. The minimum atomic E-state index is -0.287. The maximum absolute atomic E-state index is 12.9. The molecule has 0 aliphatic carbocycles. The lowest BCUT2D eigenvalue weighted by Crippen LogP contribution is -2.39. The molecule has 1 saturated heterocycles. The Labute approximate surface area is 148 Å². The van der Waals surface area contributed by atoms with Crippen molar-refractivity contribution in [3.63, 3.8) is 0 Å². The van der Waals surface area contributed by atoms with Crippen LogP contribution in [0, 0.1) is 5.82 Å². The van der Waals surface area contributed by atoms with E-state index in [9.17, 15) is 9.18 Å². The second kappa shape index (κ2) is 7.61. The molecule has 2 aromatic rings. The molecular weight excluding hydrogens is 377 g/mol. The van der Waals surface area contributed by atoms with Crippen molar-refractivity contribution in [2.75, 3.05) is 13.1 Å². The first-order valence-electron chi connectivity index (χ1n) is 7.66. The number of aromatic nitrogens is 1. The van der Waals surface area contributed by atoms with E-state index in [0.29, 0.717) is 25.5 Å². The van der Waals surface area contributed by atoms with E-state index in [0.717, 1.165) is 16.5 Å². The number of urea groups is 1. The number of amides is 2. The normalized spacial score (nSPS) is 16.9. The van der Waals surface area contributed by atoms with Crippen LogP contribution >= 0.6 is 15.9 Å². The standard InChI is InChI=1S/C17H17BrFN3O2/c18-15-2-1-8-20-16(15)24-14-7-9-22(11-14)17(23)21-10-12-3-5-13(19)6-4-12/h1-6,8,14H,7,9-11H2,(H,21,23)/t14-/m1/s1. The highest BCUT2D eigenvalue weighted by Gasteiger charge is 2.28. The van der Waals surface area contributed by atoms with Gasteiger partial charge in [-0.15, -0.1) is 0 Å². The molecule has 0 spiro atoms. The molecule has 0 unspecified atom stereocenters. The quantitative estimate of drug-likeness (QED) is 0.866. The van der Waals surface area contributed by atoms with Gasteiger partial charge in [0.25, 0.3) is 0 Å². The van der Waals surface area contributed by atoms with Crippen LogP contribution in [0.2, 0.25) is 0 Å². The molecule has 2 heterocycles. The summed E-state index contributed by atoms with van der Waals surface area (Å²) in [5.41, 5.74) is 0.856. The minimum absolute atomic E-state index is 0.0761. The first-order valence-corrected chi connectivity index (χ1v) is 8.45. The number of benzene rings is 1. The van der Waals surface area contributed by atoms with Crippen LogP contribution < -0.4 is 10.1 Å². The molecule has 126 valence electrons. The Kier molecular flexibility index (Phi) is 5.30. The molecule has 7 heteroatoms. The number of hydrogen-bond donors (Lipinski definition) is 1. The maximum Gasteiger partial charge on any atom is 0.317 e. The molecule has 1 atom stereocenters. The van der Waals surface area contributed by atoms with Gasteiger partial charge < -0.3 is 15.0 Å². The summed E-state index contributed by atoms with van der Waals surface area (Å²) in [6.07, 6.45) is 2.35. The van der Waals surface area contributed by atoms with Crippen LogP contribution in [0.1, 0.15) is 12.0 Å². The van der Waals surface area contributed by atoms with Crippen LogP contribution in [0.25, 0.3) is 0 Å². The van der Waals surface area contributed by atoms with E-state index in [1.54, 1.807) is 23.2 Å². The van der Waals surface area contributed by atoms with E-state index < -0.39 is 0 Å². The second-order valence-electron chi connectivity index (χ2n) is 5.55. The SMILES string of the molecule is O=C(NCc1ccc(F)cc1)N1CC[C@@H](Oc2ncccc2Br)C1. The van der Waals surface area contributed by atoms with E-state index in [-0.39, 0.29) is 18.0 Å². The largest absolute Gasteiger partial charge is 0.472 e. The van der Waals surface area contributed by atoms with Crippen LogP contribution in [0.3, 0.4) is 0 Å². The lowest BCUT2D eigenvalue weighted by Gasteiger charge is -2.18. The van der Waals surface area contributed by atoms with Crippen molar-refractivity contribution in [3.8, 4) is 5.88 Å². The fraction of sp³-hybridized carbons (Fsp3) is 0.294. The van der Waals surface area contributed by atoms with Gasteiger partial charge in [-0.25, -0.2) is 14.2 Å². The lowest BCUT2D eigenvalue weighted by atomic mass is 10.2. The predicted octanol–water partition coefficient (Wildman–Crippen LogP) is 3.35. The zero-order valence-corrected chi connectivity index (χ0v) is 14.5. The average molecular weight is 394 g/mol. The Bertz CT molecular complexity index is 711. The Morgan fingerprint density at radius 3 is 2.92 bits per heavy atom. The number of carbonyl (C=O) groups excluding carboxylic acids is 1. The van der Waals surface area contributed by atoms with Crippen molar-refractivity contribution in [2.24, 2.45) is 0 Å². The minimum Gasteiger partial charge on any atom is -0.472 e. The molecule has 5 nitrogen and oxygen atoms in total. The number of carbonyl (C=O) groups is 1. The van der Waals surface area contributed by atoms with Crippen LogP contribution in [-0.4, -0.2) is 35.1 Å². The number of nitrogens with zero attached hydrogens (tertiary/aromatic N) is 2. The summed E-state index contributed by atoms with van der Waals surface area (Å²) in [6, 6.07) is 9.61. The Morgan fingerprint density at radius 1 is 1.38 bits per heavy atom. The van der Waals surface area contributed by atoms with Crippen molar-refractivity contribution < 1.29 is 13.9 Å². The molecule has 2 amide bonds. The molecule has 1 fully saturated rings. The van der Waals surface area contributed by atoms with Crippen LogP contribution in [0.15, 0.2) is 47.1 Å². The summed E-state index contributed by atoms with van der Waals surface area (Å²) >= 11 is 3.40. The van der Waals surface area contributed by atoms with Crippen LogP contribution in [-0.2, 0) is 6.54 Å². The molecule has 0 radical (unpaired) electrons. The summed E-state index contributed by atoms with van der Waals surface area (Å²) < 4.78 is 19.5. The summed E-state index contributed by atoms with van der Waals surface area (Å²) in [5.74, 6) is 0.251. The Hall–Kier alpha value is -2.15. The van der Waals surface area contributed by atoms with E-state index in [4.69, 9.17) is 4.74 Å². The number of halogens is 2. The smallest absolute Gasteiger partial charge is 0.317 e. The maximum atomic E-state index is 12.9. The molecule has 1 aliphatic rings. The summed E-state index contributed by atoms with van der Waals surface area (Å²) in [6.45, 7) is 1.51. The van der Waals surface area contributed by atoms with Crippen molar-refractivity contribution in [2.45, 2.75) is 19.1 Å². The molecule has 1 N–H and O–H groups in total. The van der Waals surface area contributed by atoms with Crippen molar-refractivity contribution in [1.29, 1.82) is 0 Å². The van der Waals surface area contributed by atoms with E-state index in [2.05, 4.69) is 26.2 Å². The number of likely N-dealkylation sites (tertiary alicyclic amines) is 1. The first-order chi connectivity index (χ1) is 11.6. The first kappa shape index (κ1) is 16.7. The van der Waals surface area contributed by atoms with Gasteiger partial charge in [-0.1, -0.05) is 12.1 Å². The molecule has 1 aromatic heterocycles. The van der Waals surface area contributed by atoms with Gasteiger partial charge >= 0.3 is 6.03 Å². The number of nitrogens with one attached hydrogen (secondary N) is 1. The van der Waals surface area contributed by atoms with Crippen LogP contribution in [0.4, 0.5) is 9.18 Å².